The molecule has 31 heavy (non-hydrogen) atoms. The highest BCUT2D eigenvalue weighted by molar-refractivity contribution is 5.81. The summed E-state index contributed by atoms with van der Waals surface area (Å²) < 4.78 is 8.63. The van der Waals surface area contributed by atoms with Gasteiger partial charge in [-0.25, -0.2) is 4.98 Å². The van der Waals surface area contributed by atoms with Gasteiger partial charge in [-0.05, 0) is 37.6 Å². The topological polar surface area (TPSA) is 98.4 Å². The summed E-state index contributed by atoms with van der Waals surface area (Å²) in [5, 5.41) is 12.2. The van der Waals surface area contributed by atoms with Gasteiger partial charge >= 0.3 is 5.97 Å². The average Bonchev–Trinajstić information content (AvgIpc) is 3.13. The van der Waals surface area contributed by atoms with E-state index in [1.165, 1.54) is 7.11 Å². The number of carbonyl (C=O) groups is 1. The SMILES string of the molecule is CC.CCn1c(-c2cc(C)c(=O)n(C)c2)nc2cc(CNC(COC)C(=O)O)ccc21. The Hall–Kier alpha value is -2.97. The highest BCUT2D eigenvalue weighted by atomic mass is 16.5. The summed E-state index contributed by atoms with van der Waals surface area (Å²) in [4.78, 5) is 28.1. The predicted octanol–water partition coefficient (Wildman–Crippen LogP) is 2.95. The van der Waals surface area contributed by atoms with Crippen molar-refractivity contribution in [3.8, 4) is 11.4 Å². The van der Waals surface area contributed by atoms with Crippen LogP contribution in [0.3, 0.4) is 0 Å². The van der Waals surface area contributed by atoms with Crippen molar-refractivity contribution in [2.75, 3.05) is 13.7 Å². The van der Waals surface area contributed by atoms with Crippen LogP contribution in [0.15, 0.2) is 35.3 Å². The molecule has 0 radical (unpaired) electrons. The van der Waals surface area contributed by atoms with Gasteiger partial charge in [-0.15, -0.1) is 0 Å². The van der Waals surface area contributed by atoms with Crippen LogP contribution < -0.4 is 10.9 Å². The third-order valence-electron chi connectivity index (χ3n) is 4.93. The molecule has 0 aliphatic heterocycles. The number of hydrogen-bond donors (Lipinski definition) is 2. The number of pyridine rings is 1. The summed E-state index contributed by atoms with van der Waals surface area (Å²) in [6.07, 6.45) is 1.80. The van der Waals surface area contributed by atoms with Crippen LogP contribution in [0.1, 0.15) is 31.9 Å². The van der Waals surface area contributed by atoms with Crippen molar-refractivity contribution in [2.45, 2.75) is 46.8 Å². The van der Waals surface area contributed by atoms with E-state index >= 15 is 0 Å². The molecule has 8 heteroatoms. The Kier molecular flexibility index (Phi) is 8.53. The second-order valence-electron chi connectivity index (χ2n) is 7.06. The summed E-state index contributed by atoms with van der Waals surface area (Å²) >= 11 is 0. The number of hydrogen-bond acceptors (Lipinski definition) is 5. The number of methoxy groups -OCH3 is 1. The predicted molar refractivity (Wildman–Crippen MR) is 122 cm³/mol. The normalized spacial score (nSPS) is 11.8. The van der Waals surface area contributed by atoms with Gasteiger partial charge in [0.1, 0.15) is 11.9 Å². The summed E-state index contributed by atoms with van der Waals surface area (Å²) in [5.74, 6) is -0.148. The summed E-state index contributed by atoms with van der Waals surface area (Å²) in [6.45, 7) is 9.08. The van der Waals surface area contributed by atoms with E-state index in [4.69, 9.17) is 9.72 Å². The molecule has 0 spiro atoms. The van der Waals surface area contributed by atoms with Crippen LogP contribution in [0.25, 0.3) is 22.4 Å². The zero-order valence-corrected chi connectivity index (χ0v) is 19.1. The molecule has 0 fully saturated rings. The van der Waals surface area contributed by atoms with Crippen LogP contribution in [0.5, 0.6) is 0 Å². The molecule has 168 valence electrons. The molecule has 2 heterocycles. The number of carboxylic acids is 1. The second kappa shape index (κ2) is 10.9. The zero-order valence-electron chi connectivity index (χ0n) is 19.1. The van der Waals surface area contributed by atoms with Crippen LogP contribution >= 0.6 is 0 Å². The van der Waals surface area contributed by atoms with Crippen molar-refractivity contribution in [3.63, 3.8) is 0 Å². The minimum atomic E-state index is -0.949. The Balaban J connectivity index is 0.00000166. The van der Waals surface area contributed by atoms with Gasteiger partial charge in [0.05, 0.1) is 17.6 Å². The first-order chi connectivity index (χ1) is 14.8. The molecular weight excluding hydrogens is 396 g/mol. The van der Waals surface area contributed by atoms with Crippen molar-refractivity contribution < 1.29 is 14.6 Å². The molecule has 2 N–H and O–H groups in total. The third kappa shape index (κ3) is 5.39. The molecule has 0 saturated heterocycles. The molecule has 1 unspecified atom stereocenters. The Bertz CT molecular complexity index is 1070. The number of nitrogens with zero attached hydrogens (tertiary/aromatic N) is 3. The number of fused-ring (bicyclic) bond motifs is 1. The van der Waals surface area contributed by atoms with E-state index in [0.29, 0.717) is 12.1 Å². The molecule has 1 atom stereocenters. The lowest BCUT2D eigenvalue weighted by Crippen LogP contribution is -2.39. The number of aromatic nitrogens is 3. The first-order valence-corrected chi connectivity index (χ1v) is 10.5. The fourth-order valence-electron chi connectivity index (χ4n) is 3.45. The minimum Gasteiger partial charge on any atom is -0.480 e. The maximum Gasteiger partial charge on any atom is 0.323 e. The van der Waals surface area contributed by atoms with Crippen LogP contribution in [0, 0.1) is 6.92 Å². The quantitative estimate of drug-likeness (QED) is 0.572. The number of nitrogens with one attached hydrogen (secondary N) is 1. The second-order valence-corrected chi connectivity index (χ2v) is 7.06. The first-order valence-electron chi connectivity index (χ1n) is 10.5. The van der Waals surface area contributed by atoms with Crippen molar-refractivity contribution in [3.05, 3.63) is 51.9 Å². The molecule has 3 rings (SSSR count). The van der Waals surface area contributed by atoms with E-state index in [1.807, 2.05) is 38.1 Å². The Morgan fingerprint density at radius 1 is 1.29 bits per heavy atom. The van der Waals surface area contributed by atoms with Crippen molar-refractivity contribution in [2.24, 2.45) is 7.05 Å². The maximum atomic E-state index is 12.0. The van der Waals surface area contributed by atoms with Crippen LogP contribution in [-0.2, 0) is 29.7 Å². The number of carboxylic acid groups (broad SMARTS) is 1. The molecule has 0 aliphatic rings. The lowest BCUT2D eigenvalue weighted by atomic mass is 10.2. The lowest BCUT2D eigenvalue weighted by Gasteiger charge is -2.13. The van der Waals surface area contributed by atoms with E-state index in [0.717, 1.165) is 34.5 Å². The van der Waals surface area contributed by atoms with Gasteiger partial charge < -0.3 is 19.0 Å². The van der Waals surface area contributed by atoms with E-state index in [2.05, 4.69) is 16.8 Å². The third-order valence-corrected chi connectivity index (χ3v) is 4.93. The first kappa shape index (κ1) is 24.3. The Morgan fingerprint density at radius 2 is 2.00 bits per heavy atom. The van der Waals surface area contributed by atoms with Gasteiger partial charge in [0, 0.05) is 44.6 Å². The molecule has 0 aliphatic carbocycles. The number of aliphatic carboxylic acids is 1. The van der Waals surface area contributed by atoms with Gasteiger partial charge in [0.25, 0.3) is 5.56 Å². The number of benzene rings is 1. The fraction of sp³-hybridized carbons (Fsp3) is 0.435. The van der Waals surface area contributed by atoms with Crippen LogP contribution in [0.4, 0.5) is 0 Å². The van der Waals surface area contributed by atoms with Gasteiger partial charge in [0.15, 0.2) is 0 Å². The van der Waals surface area contributed by atoms with Crippen molar-refractivity contribution in [1.29, 1.82) is 0 Å². The lowest BCUT2D eigenvalue weighted by molar-refractivity contribution is -0.140. The van der Waals surface area contributed by atoms with E-state index < -0.39 is 12.0 Å². The number of imidazole rings is 1. The molecule has 2 aromatic heterocycles. The van der Waals surface area contributed by atoms with Gasteiger partial charge in [-0.1, -0.05) is 19.9 Å². The number of aryl methyl sites for hydroxylation is 3. The van der Waals surface area contributed by atoms with Crippen LogP contribution in [-0.4, -0.2) is 45.0 Å². The van der Waals surface area contributed by atoms with Gasteiger partial charge in [-0.3, -0.25) is 14.9 Å². The highest BCUT2D eigenvalue weighted by Crippen LogP contribution is 2.25. The Labute approximate surface area is 182 Å². The zero-order chi connectivity index (χ0) is 23.1. The number of ether oxygens (including phenoxy) is 1. The van der Waals surface area contributed by atoms with E-state index in [1.54, 1.807) is 24.7 Å². The van der Waals surface area contributed by atoms with Crippen LogP contribution in [0.2, 0.25) is 0 Å². The van der Waals surface area contributed by atoms with E-state index in [-0.39, 0.29) is 12.2 Å². The summed E-state index contributed by atoms with van der Waals surface area (Å²) in [5.41, 5.74) is 4.28. The molecule has 3 aromatic rings. The summed E-state index contributed by atoms with van der Waals surface area (Å²) in [7, 11) is 3.21. The largest absolute Gasteiger partial charge is 0.480 e. The fourth-order valence-corrected chi connectivity index (χ4v) is 3.45. The minimum absolute atomic E-state index is 0.0229. The molecule has 0 bridgehead atoms. The van der Waals surface area contributed by atoms with Gasteiger partial charge in [-0.2, -0.15) is 0 Å². The summed E-state index contributed by atoms with van der Waals surface area (Å²) in [6, 6.07) is 7.00. The highest BCUT2D eigenvalue weighted by Gasteiger charge is 2.17. The molecule has 1 aromatic carbocycles. The standard InChI is InChI=1S/C21H26N4O4.C2H6/c1-5-25-18-7-6-14(10-22-17(12-29-4)21(27)28)9-16(18)23-19(25)15-8-13(2)20(26)24(3)11-15;1-2/h6-9,11,17,22H,5,10,12H2,1-4H3,(H,27,28);1-2H3. The maximum absolute atomic E-state index is 12.0. The van der Waals surface area contributed by atoms with Crippen molar-refractivity contribution in [1.82, 2.24) is 19.4 Å². The Morgan fingerprint density at radius 3 is 2.58 bits per heavy atom. The van der Waals surface area contributed by atoms with E-state index in [9.17, 15) is 14.7 Å². The van der Waals surface area contributed by atoms with Crippen molar-refractivity contribution >= 4 is 17.0 Å². The molecule has 0 saturated carbocycles. The monoisotopic (exact) mass is 428 g/mol. The molecule has 0 amide bonds. The smallest absolute Gasteiger partial charge is 0.323 e. The number of rotatable bonds is 8. The average molecular weight is 429 g/mol. The molecule has 8 nitrogen and oxygen atoms in total. The molecular formula is C23H32N4O4. The van der Waals surface area contributed by atoms with Gasteiger partial charge in [0.2, 0.25) is 0 Å².